The van der Waals surface area contributed by atoms with Crippen molar-refractivity contribution in [3.63, 3.8) is 0 Å². The molecule has 1 aliphatic heterocycles. The maximum atomic E-state index is 12.0. The fourth-order valence-corrected chi connectivity index (χ4v) is 2.70. The number of benzene rings is 1. The predicted octanol–water partition coefficient (Wildman–Crippen LogP) is 3.81. The molecule has 1 aromatic rings. The van der Waals surface area contributed by atoms with Crippen molar-refractivity contribution in [1.29, 1.82) is 0 Å². The number of hydrogen-bond acceptors (Lipinski definition) is 2. The zero-order valence-corrected chi connectivity index (χ0v) is 12.5. The zero-order valence-electron chi connectivity index (χ0n) is 11.0. The summed E-state index contributed by atoms with van der Waals surface area (Å²) >= 11 is 11.9. The Bertz CT molecular complexity index is 465. The molecule has 1 aromatic carbocycles. The molecule has 1 heterocycles. The van der Waals surface area contributed by atoms with Crippen molar-refractivity contribution < 1.29 is 4.79 Å². The predicted molar refractivity (Wildman–Crippen MR) is 80.0 cm³/mol. The van der Waals surface area contributed by atoms with Gasteiger partial charge in [-0.25, -0.2) is 0 Å². The van der Waals surface area contributed by atoms with E-state index in [-0.39, 0.29) is 5.91 Å². The molecular formula is C14H18Cl2N2O. The van der Waals surface area contributed by atoms with Gasteiger partial charge >= 0.3 is 0 Å². The molecule has 0 bridgehead atoms. The molecule has 1 fully saturated rings. The van der Waals surface area contributed by atoms with Gasteiger partial charge in [0.1, 0.15) is 0 Å². The van der Waals surface area contributed by atoms with Gasteiger partial charge in [-0.1, -0.05) is 29.6 Å². The van der Waals surface area contributed by atoms with Crippen molar-refractivity contribution in [2.75, 3.05) is 18.4 Å². The van der Waals surface area contributed by atoms with Crippen molar-refractivity contribution in [3.8, 4) is 0 Å². The minimum absolute atomic E-state index is 0.0436. The number of carbonyl (C=O) groups is 1. The Morgan fingerprint density at radius 1 is 1.42 bits per heavy atom. The summed E-state index contributed by atoms with van der Waals surface area (Å²) in [4.78, 5) is 14.2. The second-order valence-corrected chi connectivity index (χ2v) is 5.83. The highest BCUT2D eigenvalue weighted by Crippen LogP contribution is 2.25. The highest BCUT2D eigenvalue weighted by Gasteiger charge is 2.20. The second-order valence-electron chi connectivity index (χ2n) is 4.99. The Balaban J connectivity index is 1.95. The average Bonchev–Trinajstić information content (AvgIpc) is 2.37. The van der Waals surface area contributed by atoms with Crippen LogP contribution in [0.5, 0.6) is 0 Å². The first kappa shape index (κ1) is 14.6. The minimum atomic E-state index is -0.0436. The molecule has 104 valence electrons. The molecule has 1 saturated heterocycles. The van der Waals surface area contributed by atoms with Gasteiger partial charge in [-0.05, 0) is 44.5 Å². The number of halogens is 2. The Morgan fingerprint density at radius 2 is 2.21 bits per heavy atom. The van der Waals surface area contributed by atoms with Gasteiger partial charge in [0, 0.05) is 11.1 Å². The number of rotatable bonds is 3. The molecule has 1 amide bonds. The van der Waals surface area contributed by atoms with Gasteiger partial charge in [-0.2, -0.15) is 0 Å². The molecule has 0 radical (unpaired) electrons. The molecule has 1 aliphatic rings. The number of hydrogen-bond donors (Lipinski definition) is 1. The summed E-state index contributed by atoms with van der Waals surface area (Å²) in [5, 5.41) is 3.89. The second kappa shape index (κ2) is 6.60. The van der Waals surface area contributed by atoms with E-state index in [1.54, 1.807) is 18.2 Å². The topological polar surface area (TPSA) is 32.3 Å². The van der Waals surface area contributed by atoms with E-state index < -0.39 is 0 Å². The van der Waals surface area contributed by atoms with Gasteiger partial charge in [-0.3, -0.25) is 9.69 Å². The molecule has 3 nitrogen and oxygen atoms in total. The van der Waals surface area contributed by atoms with Gasteiger partial charge < -0.3 is 5.32 Å². The van der Waals surface area contributed by atoms with Crippen molar-refractivity contribution in [2.24, 2.45) is 0 Å². The number of nitrogens with zero attached hydrogens (tertiary/aromatic N) is 1. The van der Waals surface area contributed by atoms with E-state index in [1.165, 1.54) is 6.42 Å². The van der Waals surface area contributed by atoms with Crippen LogP contribution in [0.2, 0.25) is 10.0 Å². The molecule has 0 aliphatic carbocycles. The van der Waals surface area contributed by atoms with Crippen molar-refractivity contribution >= 4 is 34.8 Å². The molecule has 5 heteroatoms. The number of amides is 1. The molecular weight excluding hydrogens is 283 g/mol. The summed E-state index contributed by atoms with van der Waals surface area (Å²) in [5.41, 5.74) is 0.573. The lowest BCUT2D eigenvalue weighted by Crippen LogP contribution is -2.42. The number of piperidine rings is 1. The van der Waals surface area contributed by atoms with Crippen LogP contribution in [0, 0.1) is 0 Å². The summed E-state index contributed by atoms with van der Waals surface area (Å²) in [7, 11) is 0. The van der Waals surface area contributed by atoms with E-state index in [2.05, 4.69) is 17.1 Å². The largest absolute Gasteiger partial charge is 0.324 e. The zero-order chi connectivity index (χ0) is 13.8. The fourth-order valence-electron chi connectivity index (χ4n) is 2.36. The summed E-state index contributed by atoms with van der Waals surface area (Å²) in [6.45, 7) is 3.56. The quantitative estimate of drug-likeness (QED) is 0.921. The van der Waals surface area contributed by atoms with E-state index >= 15 is 0 Å². The van der Waals surface area contributed by atoms with E-state index in [0.717, 1.165) is 19.4 Å². The fraction of sp³-hybridized carbons (Fsp3) is 0.500. The van der Waals surface area contributed by atoms with Crippen LogP contribution in [-0.4, -0.2) is 29.9 Å². The van der Waals surface area contributed by atoms with Gasteiger partial charge in [0.05, 0.1) is 17.3 Å². The maximum absolute atomic E-state index is 12.0. The van der Waals surface area contributed by atoms with Crippen LogP contribution in [0.25, 0.3) is 0 Å². The van der Waals surface area contributed by atoms with Crippen LogP contribution in [0.4, 0.5) is 5.69 Å². The van der Waals surface area contributed by atoms with E-state index in [0.29, 0.717) is 28.3 Å². The Kier molecular flexibility index (Phi) is 5.08. The van der Waals surface area contributed by atoms with Gasteiger partial charge in [-0.15, -0.1) is 0 Å². The Labute approximate surface area is 123 Å². The molecule has 0 unspecified atom stereocenters. The van der Waals surface area contributed by atoms with Gasteiger partial charge in [0.2, 0.25) is 5.91 Å². The van der Waals surface area contributed by atoms with E-state index in [1.807, 2.05) is 0 Å². The molecule has 0 aromatic heterocycles. The van der Waals surface area contributed by atoms with Gasteiger partial charge in [0.15, 0.2) is 0 Å². The standard InChI is InChI=1S/C14H18Cl2N2O/c1-10-4-2-3-7-18(10)9-14(19)17-13-8-11(15)5-6-12(13)16/h5-6,8,10H,2-4,7,9H2,1H3,(H,17,19)/t10-/m0/s1. The third-order valence-electron chi connectivity index (χ3n) is 3.49. The lowest BCUT2D eigenvalue weighted by molar-refractivity contribution is -0.118. The molecule has 1 atom stereocenters. The van der Waals surface area contributed by atoms with Crippen LogP contribution in [0.3, 0.4) is 0 Å². The summed E-state index contributed by atoms with van der Waals surface area (Å²) < 4.78 is 0. The van der Waals surface area contributed by atoms with Crippen molar-refractivity contribution in [3.05, 3.63) is 28.2 Å². The lowest BCUT2D eigenvalue weighted by atomic mass is 10.0. The molecule has 0 saturated carbocycles. The number of nitrogens with one attached hydrogen (secondary N) is 1. The minimum Gasteiger partial charge on any atom is -0.324 e. The van der Waals surface area contributed by atoms with E-state index in [9.17, 15) is 4.79 Å². The molecule has 2 rings (SSSR count). The first-order valence-electron chi connectivity index (χ1n) is 6.55. The highest BCUT2D eigenvalue weighted by atomic mass is 35.5. The smallest absolute Gasteiger partial charge is 0.238 e. The Morgan fingerprint density at radius 3 is 2.95 bits per heavy atom. The summed E-state index contributed by atoms with van der Waals surface area (Å²) in [6.07, 6.45) is 3.57. The third-order valence-corrected chi connectivity index (χ3v) is 4.05. The molecule has 0 spiro atoms. The summed E-state index contributed by atoms with van der Waals surface area (Å²) in [5.74, 6) is -0.0436. The Hall–Kier alpha value is -0.770. The number of likely N-dealkylation sites (tertiary alicyclic amines) is 1. The van der Waals surface area contributed by atoms with Crippen molar-refractivity contribution in [2.45, 2.75) is 32.2 Å². The van der Waals surface area contributed by atoms with Crippen LogP contribution in [0.15, 0.2) is 18.2 Å². The SMILES string of the molecule is C[C@H]1CCCCN1CC(=O)Nc1cc(Cl)ccc1Cl. The number of carbonyl (C=O) groups excluding carboxylic acids is 1. The molecule has 1 N–H and O–H groups in total. The third kappa shape index (κ3) is 4.10. The highest BCUT2D eigenvalue weighted by molar-refractivity contribution is 6.35. The normalized spacial score (nSPS) is 20.3. The number of anilines is 1. The van der Waals surface area contributed by atoms with Crippen LogP contribution in [0.1, 0.15) is 26.2 Å². The monoisotopic (exact) mass is 300 g/mol. The van der Waals surface area contributed by atoms with Crippen molar-refractivity contribution in [1.82, 2.24) is 4.90 Å². The van der Waals surface area contributed by atoms with Crippen LogP contribution < -0.4 is 5.32 Å². The van der Waals surface area contributed by atoms with Gasteiger partial charge in [0.25, 0.3) is 0 Å². The van der Waals surface area contributed by atoms with E-state index in [4.69, 9.17) is 23.2 Å². The lowest BCUT2D eigenvalue weighted by Gasteiger charge is -2.32. The maximum Gasteiger partial charge on any atom is 0.238 e. The summed E-state index contributed by atoms with van der Waals surface area (Å²) in [6, 6.07) is 5.52. The first-order valence-corrected chi connectivity index (χ1v) is 7.31. The first-order chi connectivity index (χ1) is 9.06. The van der Waals surface area contributed by atoms with Crippen LogP contribution >= 0.6 is 23.2 Å². The molecule has 19 heavy (non-hydrogen) atoms. The van der Waals surface area contributed by atoms with Crippen LogP contribution in [-0.2, 0) is 4.79 Å². The average molecular weight is 301 g/mol.